The number of fused-ring (bicyclic) bond motifs is 6. The lowest BCUT2D eigenvalue weighted by atomic mass is 9.94. The van der Waals surface area contributed by atoms with Crippen LogP contribution in [0.3, 0.4) is 0 Å². The minimum Gasteiger partial charge on any atom is -0.334 e. The second kappa shape index (κ2) is 31.0. The first-order chi connectivity index (χ1) is 58.0. The highest BCUT2D eigenvalue weighted by Gasteiger charge is 2.40. The Hall–Kier alpha value is -11.2. The van der Waals surface area contributed by atoms with E-state index in [2.05, 4.69) is 111 Å². The number of rotatable bonds is 21. The quantitative estimate of drug-likeness (QED) is 0.0563. The summed E-state index contributed by atoms with van der Waals surface area (Å²) >= 11 is 4.49. The Bertz CT molecular complexity index is 5920. The second-order valence-electron chi connectivity index (χ2n) is 35.5. The van der Waals surface area contributed by atoms with Gasteiger partial charge in [-0.15, -0.1) is 34.0 Å². The van der Waals surface area contributed by atoms with E-state index in [1.165, 1.54) is 34.0 Å². The van der Waals surface area contributed by atoms with Gasteiger partial charge in [0.25, 0.3) is 34.4 Å². The van der Waals surface area contributed by atoms with Gasteiger partial charge in [-0.05, 0) is 146 Å². The summed E-state index contributed by atoms with van der Waals surface area (Å²) in [5.74, 6) is 0.677. The zero-order valence-electron chi connectivity index (χ0n) is 70.8. The molecule has 0 saturated heterocycles. The zero-order chi connectivity index (χ0) is 85.7. The van der Waals surface area contributed by atoms with Gasteiger partial charge in [-0.25, -0.2) is 18.6 Å². The van der Waals surface area contributed by atoms with Crippen molar-refractivity contribution in [2.24, 2.45) is 0 Å². The number of nitrogens with one attached hydrogen (secondary N) is 3. The van der Waals surface area contributed by atoms with Gasteiger partial charge < -0.3 is 30.7 Å². The third-order valence-electron chi connectivity index (χ3n) is 23.3. The van der Waals surface area contributed by atoms with E-state index in [1.807, 2.05) is 129 Å². The number of nitrogens with zero attached hydrogens (tertiary/aromatic N) is 18. The van der Waals surface area contributed by atoms with Crippen LogP contribution in [0.25, 0.3) is 33.8 Å². The Morgan fingerprint density at radius 3 is 0.918 bits per heavy atom. The van der Waals surface area contributed by atoms with E-state index in [4.69, 9.17) is 44.2 Å². The minimum atomic E-state index is -5.39. The summed E-state index contributed by atoms with van der Waals surface area (Å²) in [6.45, 7) is 28.8. The molecule has 0 spiro atoms. The van der Waals surface area contributed by atoms with Crippen LogP contribution >= 0.6 is 41.8 Å². The van der Waals surface area contributed by atoms with Crippen LogP contribution in [0, 0.1) is 20.8 Å². The monoisotopic (exact) mass is 1720 g/mol. The van der Waals surface area contributed by atoms with Crippen LogP contribution in [0.4, 0.5) is 51.6 Å². The van der Waals surface area contributed by atoms with Crippen molar-refractivity contribution in [3.05, 3.63) is 220 Å². The first-order valence-corrected chi connectivity index (χ1v) is 44.6. The average Bonchev–Trinajstić information content (AvgIpc) is 1.59. The Morgan fingerprint density at radius 1 is 0.377 bits per heavy atom. The predicted molar refractivity (Wildman–Crippen MR) is 473 cm³/mol. The summed E-state index contributed by atoms with van der Waals surface area (Å²) in [4.78, 5) is 107. The highest BCUT2D eigenvalue weighted by molar-refractivity contribution is 7.48. The molecule has 3 aromatic carbocycles. The third kappa shape index (κ3) is 15.5. The molecule has 0 atom stereocenters. The first-order valence-electron chi connectivity index (χ1n) is 40.7. The van der Waals surface area contributed by atoms with Crippen LogP contribution in [0.15, 0.2) is 124 Å². The molecule has 632 valence electrons. The summed E-state index contributed by atoms with van der Waals surface area (Å²) < 4.78 is 44.6. The molecule has 122 heavy (non-hydrogen) atoms. The van der Waals surface area contributed by atoms with Crippen LogP contribution in [0.1, 0.15) is 156 Å². The summed E-state index contributed by atoms with van der Waals surface area (Å²) in [6.07, 6.45) is 0. The van der Waals surface area contributed by atoms with Crippen LogP contribution < -0.4 is 47.3 Å². The fourth-order valence-corrected chi connectivity index (χ4v) is 20.9. The van der Waals surface area contributed by atoms with Gasteiger partial charge in [0.15, 0.2) is 37.6 Å². The molecule has 12 aromatic rings. The molecule has 6 aliphatic rings. The van der Waals surface area contributed by atoms with Crippen LogP contribution in [-0.2, 0) is 113 Å². The molecule has 0 bridgehead atoms. The van der Waals surface area contributed by atoms with Gasteiger partial charge in [0, 0.05) is 106 Å². The van der Waals surface area contributed by atoms with E-state index in [0.29, 0.717) is 141 Å². The third-order valence-corrected chi connectivity index (χ3v) is 29.3. The number of carbonyl (C=O) groups excluding carboxylic acids is 3. The van der Waals surface area contributed by atoms with Crippen molar-refractivity contribution >= 4 is 111 Å². The molecule has 0 radical (unpaired) electrons. The number of thiophene rings is 3. The maximum atomic E-state index is 16.6. The van der Waals surface area contributed by atoms with E-state index in [-0.39, 0.29) is 68.1 Å². The second-order valence-corrected chi connectivity index (χ2v) is 40.3. The molecular weight excluding hydrogens is 1630 g/mol. The molecule has 6 aliphatic heterocycles. The standard InChI is InChI=1S/C87H96N21O10PS3/c1-49-58(19-16-22-67(49)100-40-52-31-70(85(4,5)6)120-76(52)82(100)112)61-37-64(88-73-34-55-43-97(13)25-28-103(55)94-73)79(109)106(91-61)46-116-119(115,117-47-107-80(110)65(89-74-35-56-44-98(14)26-29-104(56)95-74)38-62(92-107)59-20-17-23-68(50(59)2)101-41-53-32-71(86(7,8)9)121-77(53)83(101)113)118-48-108-81(111)66(90-75-36-57-45-99(15)27-30-105(57)96-75)39-63(93-108)60-21-18-24-69(51(60)3)102-42-54-33-72(87(10,11)12)122-78(54)84(102)114/h16-24,31-39H,25-30,40-48H2,1-15H3,(H,88,94)(H,89,95)(H,90,96). The van der Waals surface area contributed by atoms with Crippen molar-refractivity contribution < 1.29 is 32.5 Å². The normalized spacial score (nSPS) is 15.8. The molecule has 18 rings (SSSR count). The van der Waals surface area contributed by atoms with Crippen molar-refractivity contribution in [1.29, 1.82) is 0 Å². The van der Waals surface area contributed by atoms with E-state index in [0.717, 1.165) is 82.1 Å². The summed E-state index contributed by atoms with van der Waals surface area (Å²) in [5, 5.41) is 39.2. The van der Waals surface area contributed by atoms with E-state index in [1.54, 1.807) is 32.9 Å². The molecular formula is C87H96N21O10PS3. The Balaban J connectivity index is 0.744. The van der Waals surface area contributed by atoms with Crippen molar-refractivity contribution in [1.82, 2.24) is 73.4 Å². The lowest BCUT2D eigenvalue weighted by molar-refractivity contribution is 0.0428. The van der Waals surface area contributed by atoms with Crippen molar-refractivity contribution in [2.75, 3.05) is 71.4 Å². The topological polar surface area (TPSA) is 310 Å². The number of benzene rings is 3. The largest absolute Gasteiger partial charge is 0.480 e. The smallest absolute Gasteiger partial charge is 0.334 e. The SMILES string of the molecule is Cc1c(-c2cc(Nc3cc4n(n3)CCN(C)C4)c(=O)n(COP(=O)(OCn3nc(-c4cccc(N5Cc6cc(C(C)(C)C)sc6C5=O)c4C)cc(Nc4cc5n(n4)CCN(C)C5)c3=O)OCn3nc(-c4cccc(N5Cc6cc(C(C)(C)C)sc6C5=O)c4C)cc(Nc4cc5n(n4)CCN(C)C5)c3=O)n2)cccc1N1Cc2cc(C(C)(C)C)sc2C1=O. The van der Waals surface area contributed by atoms with Gasteiger partial charge in [-0.3, -0.25) is 71.1 Å². The van der Waals surface area contributed by atoms with Crippen molar-refractivity contribution in [2.45, 2.75) is 178 Å². The van der Waals surface area contributed by atoms with Gasteiger partial charge in [0.1, 0.15) is 17.1 Å². The number of carbonyl (C=O) groups is 3. The Morgan fingerprint density at radius 2 is 0.656 bits per heavy atom. The number of hydrogen-bond acceptors (Lipinski definition) is 25. The van der Waals surface area contributed by atoms with Crippen LogP contribution in [0.2, 0.25) is 0 Å². The number of phosphoric acid groups is 1. The fraction of sp³-hybridized carbons (Fsp3) is 0.379. The summed E-state index contributed by atoms with van der Waals surface area (Å²) in [5.41, 5.74) is 8.89. The minimum absolute atomic E-state index is 0.00665. The number of phosphoric ester groups is 1. The molecule has 0 saturated carbocycles. The predicted octanol–water partition coefficient (Wildman–Crippen LogP) is 14.4. The van der Waals surface area contributed by atoms with Gasteiger partial charge in [0.2, 0.25) is 0 Å². The maximum Gasteiger partial charge on any atom is 0.480 e. The highest BCUT2D eigenvalue weighted by Crippen LogP contribution is 2.51. The molecule has 15 heterocycles. The van der Waals surface area contributed by atoms with Crippen LogP contribution in [0.5, 0.6) is 0 Å². The summed E-state index contributed by atoms with van der Waals surface area (Å²) in [6, 6.07) is 33.2. The van der Waals surface area contributed by atoms with Crippen LogP contribution in [-0.4, -0.2) is 132 Å². The summed E-state index contributed by atoms with van der Waals surface area (Å²) in [7, 11) is 0.662. The highest BCUT2D eigenvalue weighted by atomic mass is 32.1. The van der Waals surface area contributed by atoms with E-state index >= 15 is 18.9 Å². The van der Waals surface area contributed by atoms with Gasteiger partial charge in [-0.1, -0.05) is 98.7 Å². The molecule has 0 aliphatic carbocycles. The fourth-order valence-electron chi connectivity index (χ4n) is 16.4. The number of amides is 3. The molecule has 9 aromatic heterocycles. The molecule has 3 N–H and O–H groups in total. The first kappa shape index (κ1) is 81.8. The van der Waals surface area contributed by atoms with Gasteiger partial charge >= 0.3 is 7.82 Å². The molecule has 3 amide bonds. The Labute approximate surface area is 716 Å². The number of aromatic nitrogens is 12. The van der Waals surface area contributed by atoms with Gasteiger partial charge in [0.05, 0.1) is 88.1 Å². The van der Waals surface area contributed by atoms with E-state index in [9.17, 15) is 14.4 Å². The Kier molecular flexibility index (Phi) is 20.8. The molecule has 35 heteroatoms. The molecule has 0 fully saturated rings. The lowest BCUT2D eigenvalue weighted by Crippen LogP contribution is -2.30. The average molecular weight is 1720 g/mol. The lowest BCUT2D eigenvalue weighted by Gasteiger charge is -2.23. The number of anilines is 9. The van der Waals surface area contributed by atoms with Gasteiger partial charge in [-0.2, -0.15) is 30.6 Å². The molecule has 0 unspecified atom stereocenters. The molecule has 31 nitrogen and oxygen atoms in total. The van der Waals surface area contributed by atoms with Crippen molar-refractivity contribution in [3.63, 3.8) is 0 Å². The number of likely N-dealkylation sites (N-methyl/N-ethyl adjacent to an activating group) is 3. The van der Waals surface area contributed by atoms with E-state index < -0.39 is 44.7 Å². The maximum absolute atomic E-state index is 16.6. The van der Waals surface area contributed by atoms with Crippen molar-refractivity contribution in [3.8, 4) is 33.8 Å². The zero-order valence-corrected chi connectivity index (χ0v) is 74.1. The number of hydrogen-bond donors (Lipinski definition) is 3.